The van der Waals surface area contributed by atoms with Crippen LogP contribution in [-0.4, -0.2) is 70.5 Å². The molecule has 1 rings (SSSR count). The smallest absolute Gasteiger partial charge is 0.191 e. The number of guanidine groups is 1. The molecule has 0 heterocycles. The molecule has 0 amide bonds. The van der Waals surface area contributed by atoms with Crippen molar-refractivity contribution < 1.29 is 9.47 Å². The second kappa shape index (κ2) is 16.3. The lowest BCUT2D eigenvalue weighted by Gasteiger charge is -2.25. The van der Waals surface area contributed by atoms with Gasteiger partial charge in [-0.25, -0.2) is 0 Å². The van der Waals surface area contributed by atoms with Crippen LogP contribution in [0.5, 0.6) is 0 Å². The molecule has 0 saturated carbocycles. The minimum Gasteiger partial charge on any atom is -0.382 e. The van der Waals surface area contributed by atoms with E-state index in [1.54, 1.807) is 7.11 Å². The van der Waals surface area contributed by atoms with Crippen LogP contribution >= 0.6 is 0 Å². The lowest BCUT2D eigenvalue weighted by Crippen LogP contribution is -2.40. The van der Waals surface area contributed by atoms with Gasteiger partial charge in [-0.15, -0.1) is 0 Å². The van der Waals surface area contributed by atoms with Crippen LogP contribution in [0.15, 0.2) is 35.3 Å². The topological polar surface area (TPSA) is 58.1 Å². The summed E-state index contributed by atoms with van der Waals surface area (Å²) in [5.41, 5.74) is 1.35. The maximum Gasteiger partial charge on any atom is 0.191 e. The van der Waals surface area contributed by atoms with Gasteiger partial charge >= 0.3 is 0 Å². The largest absolute Gasteiger partial charge is 0.382 e. The van der Waals surface area contributed by atoms with Gasteiger partial charge in [-0.2, -0.15) is 0 Å². The predicted octanol–water partition coefficient (Wildman–Crippen LogP) is 2.90. The maximum atomic E-state index is 5.48. The predicted molar refractivity (Wildman–Crippen MR) is 118 cm³/mol. The Kier molecular flexibility index (Phi) is 14.2. The van der Waals surface area contributed by atoms with Gasteiger partial charge in [0.1, 0.15) is 0 Å². The zero-order valence-corrected chi connectivity index (χ0v) is 18.2. The number of benzene rings is 1. The summed E-state index contributed by atoms with van der Waals surface area (Å²) in [6.45, 7) is 10.0. The van der Waals surface area contributed by atoms with E-state index in [2.05, 4.69) is 71.8 Å². The van der Waals surface area contributed by atoms with Gasteiger partial charge in [-0.05, 0) is 45.7 Å². The standard InChI is InChI=1S/C22H40N4O2/c1-5-23-22(24-14-9-10-16-28-18-17-27-4)25-15-13-20(2)26(3)19-21-11-7-6-8-12-21/h6-8,11-12,20H,5,9-10,13-19H2,1-4H3,(H2,23,24,25). The van der Waals surface area contributed by atoms with Crippen molar-refractivity contribution in [3.63, 3.8) is 0 Å². The molecule has 0 radical (unpaired) electrons. The van der Waals surface area contributed by atoms with E-state index >= 15 is 0 Å². The van der Waals surface area contributed by atoms with Gasteiger partial charge in [0.05, 0.1) is 13.2 Å². The highest BCUT2D eigenvalue weighted by Crippen LogP contribution is 2.07. The van der Waals surface area contributed by atoms with E-state index in [0.29, 0.717) is 19.3 Å². The Morgan fingerprint density at radius 2 is 1.89 bits per heavy atom. The number of hydrogen-bond donors (Lipinski definition) is 2. The highest BCUT2D eigenvalue weighted by Gasteiger charge is 2.09. The summed E-state index contributed by atoms with van der Waals surface area (Å²) in [6, 6.07) is 11.1. The molecule has 6 heteroatoms. The van der Waals surface area contributed by atoms with Gasteiger partial charge in [-0.3, -0.25) is 9.89 Å². The highest BCUT2D eigenvalue weighted by atomic mass is 16.5. The van der Waals surface area contributed by atoms with Crippen molar-refractivity contribution in [2.75, 3.05) is 53.6 Å². The summed E-state index contributed by atoms with van der Waals surface area (Å²) in [4.78, 5) is 7.05. The lowest BCUT2D eigenvalue weighted by molar-refractivity contribution is 0.0690. The number of nitrogens with zero attached hydrogens (tertiary/aromatic N) is 2. The second-order valence-electron chi connectivity index (χ2n) is 7.04. The molecule has 1 aromatic rings. The Morgan fingerprint density at radius 1 is 1.11 bits per heavy atom. The Bertz CT molecular complexity index is 511. The lowest BCUT2D eigenvalue weighted by atomic mass is 10.1. The van der Waals surface area contributed by atoms with E-state index in [0.717, 1.165) is 58.0 Å². The molecule has 28 heavy (non-hydrogen) atoms. The van der Waals surface area contributed by atoms with Crippen LogP contribution in [0.3, 0.4) is 0 Å². The SMILES string of the molecule is CCNC(=NCCCCOCCOC)NCCC(C)N(C)Cc1ccccc1. The summed E-state index contributed by atoms with van der Waals surface area (Å²) in [5, 5.41) is 6.78. The highest BCUT2D eigenvalue weighted by molar-refractivity contribution is 5.79. The fourth-order valence-electron chi connectivity index (χ4n) is 2.74. The maximum absolute atomic E-state index is 5.48. The third-order valence-corrected chi connectivity index (χ3v) is 4.62. The zero-order valence-electron chi connectivity index (χ0n) is 18.2. The number of aliphatic imine (C=N–C) groups is 1. The van der Waals surface area contributed by atoms with E-state index in [-0.39, 0.29) is 0 Å². The quantitative estimate of drug-likeness (QED) is 0.273. The van der Waals surface area contributed by atoms with Crippen molar-refractivity contribution in [3.05, 3.63) is 35.9 Å². The Morgan fingerprint density at radius 3 is 2.61 bits per heavy atom. The Hall–Kier alpha value is -1.63. The molecule has 160 valence electrons. The van der Waals surface area contributed by atoms with Crippen LogP contribution in [0.2, 0.25) is 0 Å². The van der Waals surface area contributed by atoms with Gasteiger partial charge in [0.15, 0.2) is 5.96 Å². The van der Waals surface area contributed by atoms with Gasteiger partial charge < -0.3 is 20.1 Å². The molecule has 0 aliphatic rings. The number of methoxy groups -OCH3 is 1. The summed E-state index contributed by atoms with van der Waals surface area (Å²) in [7, 11) is 3.88. The third kappa shape index (κ3) is 12.0. The van der Waals surface area contributed by atoms with E-state index in [4.69, 9.17) is 9.47 Å². The van der Waals surface area contributed by atoms with Gasteiger partial charge in [-0.1, -0.05) is 30.3 Å². The molecule has 1 aromatic carbocycles. The van der Waals surface area contributed by atoms with Gasteiger partial charge in [0.25, 0.3) is 0 Å². The molecule has 2 N–H and O–H groups in total. The second-order valence-corrected chi connectivity index (χ2v) is 7.04. The van der Waals surface area contributed by atoms with Crippen molar-refractivity contribution >= 4 is 5.96 Å². The average molecular weight is 393 g/mol. The number of nitrogens with one attached hydrogen (secondary N) is 2. The molecular weight excluding hydrogens is 352 g/mol. The van der Waals surface area contributed by atoms with Crippen LogP contribution < -0.4 is 10.6 Å². The molecule has 6 nitrogen and oxygen atoms in total. The zero-order chi connectivity index (χ0) is 20.5. The summed E-state index contributed by atoms with van der Waals surface area (Å²) >= 11 is 0. The van der Waals surface area contributed by atoms with E-state index < -0.39 is 0 Å². The molecule has 0 saturated heterocycles. The van der Waals surface area contributed by atoms with Crippen molar-refractivity contribution in [1.82, 2.24) is 15.5 Å². The van der Waals surface area contributed by atoms with Crippen molar-refractivity contribution in [3.8, 4) is 0 Å². The molecular formula is C22H40N4O2. The number of ether oxygens (including phenoxy) is 2. The van der Waals surface area contributed by atoms with Crippen LogP contribution in [-0.2, 0) is 16.0 Å². The number of hydrogen-bond acceptors (Lipinski definition) is 4. The molecule has 0 fully saturated rings. The fraction of sp³-hybridized carbons (Fsp3) is 0.682. The molecule has 1 atom stereocenters. The first-order valence-electron chi connectivity index (χ1n) is 10.5. The van der Waals surface area contributed by atoms with Crippen molar-refractivity contribution in [2.24, 2.45) is 4.99 Å². The summed E-state index contributed by atoms with van der Waals surface area (Å²) in [6.07, 6.45) is 3.12. The first-order valence-corrected chi connectivity index (χ1v) is 10.5. The monoisotopic (exact) mass is 392 g/mol. The van der Waals surface area contributed by atoms with E-state index in [9.17, 15) is 0 Å². The number of rotatable bonds is 15. The van der Waals surface area contributed by atoms with Crippen molar-refractivity contribution in [1.29, 1.82) is 0 Å². The Labute approximate surface area is 171 Å². The number of unbranched alkanes of at least 4 members (excludes halogenated alkanes) is 1. The molecule has 0 bridgehead atoms. The molecule has 0 aliphatic heterocycles. The average Bonchev–Trinajstić information content (AvgIpc) is 2.70. The molecule has 0 aromatic heterocycles. The fourth-order valence-corrected chi connectivity index (χ4v) is 2.74. The minimum atomic E-state index is 0.500. The third-order valence-electron chi connectivity index (χ3n) is 4.62. The van der Waals surface area contributed by atoms with Crippen molar-refractivity contribution in [2.45, 2.75) is 45.7 Å². The first-order chi connectivity index (χ1) is 13.7. The van der Waals surface area contributed by atoms with Gasteiger partial charge in [0.2, 0.25) is 0 Å². The first kappa shape index (κ1) is 24.4. The molecule has 0 spiro atoms. The van der Waals surface area contributed by atoms with Crippen LogP contribution in [0.1, 0.15) is 38.7 Å². The Balaban J connectivity index is 2.22. The van der Waals surface area contributed by atoms with E-state index in [1.165, 1.54) is 5.56 Å². The van der Waals surface area contributed by atoms with Crippen LogP contribution in [0, 0.1) is 0 Å². The van der Waals surface area contributed by atoms with Gasteiger partial charge in [0, 0.05) is 45.9 Å². The van der Waals surface area contributed by atoms with Crippen LogP contribution in [0.25, 0.3) is 0 Å². The summed E-state index contributed by atoms with van der Waals surface area (Å²) in [5.74, 6) is 0.903. The summed E-state index contributed by atoms with van der Waals surface area (Å²) < 4.78 is 10.4. The minimum absolute atomic E-state index is 0.500. The molecule has 0 aliphatic carbocycles. The normalized spacial score (nSPS) is 13.0. The molecule has 1 unspecified atom stereocenters. The van der Waals surface area contributed by atoms with E-state index in [1.807, 2.05) is 0 Å². The van der Waals surface area contributed by atoms with Crippen LogP contribution in [0.4, 0.5) is 0 Å².